The van der Waals surface area contributed by atoms with Crippen LogP contribution in [0.1, 0.15) is 57.8 Å². The van der Waals surface area contributed by atoms with Crippen molar-refractivity contribution in [2.45, 2.75) is 63.8 Å². The average molecular weight is 393 g/mol. The van der Waals surface area contributed by atoms with E-state index in [9.17, 15) is 24.0 Å². The fraction of sp³-hybridized carbons (Fsp3) is 0.688. The van der Waals surface area contributed by atoms with Gasteiger partial charge in [0.2, 0.25) is 0 Å². The molecule has 0 aromatic rings. The molecule has 0 aromatic carbocycles. The number of hydrogen-bond donors (Lipinski definition) is 6. The van der Waals surface area contributed by atoms with Crippen molar-refractivity contribution in [2.24, 2.45) is 0 Å². The highest BCUT2D eigenvalue weighted by atomic mass is 16.4. The molecule has 6 N–H and O–H groups in total. The van der Waals surface area contributed by atoms with Crippen LogP contribution in [0.5, 0.6) is 0 Å². The van der Waals surface area contributed by atoms with Crippen LogP contribution in [0.15, 0.2) is 0 Å². The van der Waals surface area contributed by atoms with E-state index in [-0.39, 0.29) is 38.1 Å². The molecule has 1 atom stereocenters. The molecule has 11 heteroatoms. The lowest BCUT2D eigenvalue weighted by Crippen LogP contribution is -2.29. The van der Waals surface area contributed by atoms with Crippen molar-refractivity contribution in [3.63, 3.8) is 0 Å². The first kappa shape index (κ1) is 26.5. The highest BCUT2D eigenvalue weighted by Crippen LogP contribution is 2.03. The van der Waals surface area contributed by atoms with Crippen molar-refractivity contribution in [1.82, 2.24) is 5.32 Å². The third-order valence-electron chi connectivity index (χ3n) is 3.17. The molecular formula is C16H27NO10. The molecule has 0 spiro atoms. The Morgan fingerprint density at radius 1 is 0.667 bits per heavy atom. The summed E-state index contributed by atoms with van der Waals surface area (Å²) in [6, 6.07) is -0.269. The number of unbranched alkanes of at least 4 members (excludes halogenated alkanes) is 1. The number of carboxylic acid groups (broad SMARTS) is 5. The van der Waals surface area contributed by atoms with Gasteiger partial charge in [-0.25, -0.2) is 0 Å². The Labute approximate surface area is 156 Å². The molecule has 0 saturated carbocycles. The monoisotopic (exact) mass is 393 g/mol. The fourth-order valence-electron chi connectivity index (χ4n) is 1.84. The maximum Gasteiger partial charge on any atom is 0.320 e. The van der Waals surface area contributed by atoms with Crippen molar-refractivity contribution in [1.29, 1.82) is 0 Å². The number of carbonyl (C=O) groups is 5. The van der Waals surface area contributed by atoms with Crippen LogP contribution >= 0.6 is 0 Å². The van der Waals surface area contributed by atoms with Crippen molar-refractivity contribution in [2.75, 3.05) is 6.54 Å². The molecule has 0 amide bonds. The first-order valence-corrected chi connectivity index (χ1v) is 8.39. The van der Waals surface area contributed by atoms with E-state index >= 15 is 0 Å². The summed E-state index contributed by atoms with van der Waals surface area (Å²) >= 11 is 0. The molecule has 0 radical (unpaired) electrons. The van der Waals surface area contributed by atoms with Gasteiger partial charge in [0.25, 0.3) is 0 Å². The molecule has 156 valence electrons. The molecule has 0 aliphatic carbocycles. The van der Waals surface area contributed by atoms with Gasteiger partial charge in [0.15, 0.2) is 0 Å². The van der Waals surface area contributed by atoms with Gasteiger partial charge in [0, 0.05) is 25.7 Å². The first-order valence-electron chi connectivity index (χ1n) is 8.39. The van der Waals surface area contributed by atoms with E-state index < -0.39 is 29.8 Å². The lowest BCUT2D eigenvalue weighted by atomic mass is 10.2. The maximum absolute atomic E-state index is 10.1. The van der Waals surface area contributed by atoms with E-state index in [1.54, 1.807) is 0 Å². The van der Waals surface area contributed by atoms with Crippen LogP contribution in [0, 0.1) is 0 Å². The Balaban J connectivity index is 0. The number of hydrogen-bond acceptors (Lipinski definition) is 6. The molecule has 1 rings (SSSR count). The minimum absolute atomic E-state index is 0.0628. The Morgan fingerprint density at radius 2 is 1.04 bits per heavy atom. The predicted octanol–water partition coefficient (Wildman–Crippen LogP) is 0.865. The van der Waals surface area contributed by atoms with E-state index in [2.05, 4.69) is 5.32 Å². The van der Waals surface area contributed by atoms with Crippen molar-refractivity contribution in [3.8, 4) is 0 Å². The summed E-state index contributed by atoms with van der Waals surface area (Å²) in [6.07, 6.45) is 2.89. The third kappa shape index (κ3) is 23.3. The third-order valence-corrected chi connectivity index (χ3v) is 3.17. The highest BCUT2D eigenvalue weighted by Gasteiger charge is 2.20. The van der Waals surface area contributed by atoms with Gasteiger partial charge >= 0.3 is 29.8 Å². The summed E-state index contributed by atoms with van der Waals surface area (Å²) in [4.78, 5) is 49.5. The molecule has 1 unspecified atom stereocenters. The molecule has 1 aliphatic heterocycles. The van der Waals surface area contributed by atoms with Crippen molar-refractivity contribution in [3.05, 3.63) is 0 Å². The average Bonchev–Trinajstić information content (AvgIpc) is 3.06. The van der Waals surface area contributed by atoms with Crippen molar-refractivity contribution >= 4 is 29.8 Å². The van der Waals surface area contributed by atoms with Gasteiger partial charge in [0.1, 0.15) is 6.04 Å². The number of carboxylic acids is 5. The topological polar surface area (TPSA) is 199 Å². The number of nitrogens with one attached hydrogen (secondary N) is 1. The van der Waals surface area contributed by atoms with Crippen LogP contribution in [-0.4, -0.2) is 68.0 Å². The second kappa shape index (κ2) is 16.8. The standard InChI is InChI=1S/C6H10O4.C5H9NO2.C5H8O4/c7-5(8)3-1-2-4-6(9)10;7-5(8)4-2-1-3-6-4;6-4(7)2-1-3-5(8)9/h1-4H2,(H,7,8)(H,9,10);4,6H,1-3H2,(H,7,8);1-3H2,(H,6,7)(H,8,9). The molecule has 0 aromatic heterocycles. The minimum atomic E-state index is -0.948. The van der Waals surface area contributed by atoms with Crippen LogP contribution in [0.25, 0.3) is 0 Å². The lowest BCUT2D eigenvalue weighted by Gasteiger charge is -1.99. The van der Waals surface area contributed by atoms with Crippen LogP contribution in [0.4, 0.5) is 0 Å². The molecule has 1 saturated heterocycles. The van der Waals surface area contributed by atoms with Gasteiger partial charge in [-0.05, 0) is 38.6 Å². The van der Waals surface area contributed by atoms with Crippen LogP contribution in [0.3, 0.4) is 0 Å². The quantitative estimate of drug-likeness (QED) is 0.288. The summed E-state index contributed by atoms with van der Waals surface area (Å²) in [7, 11) is 0. The first-order chi connectivity index (χ1) is 12.6. The van der Waals surface area contributed by atoms with Gasteiger partial charge in [-0.1, -0.05) is 0 Å². The van der Waals surface area contributed by atoms with Gasteiger partial charge in [0.05, 0.1) is 0 Å². The number of rotatable bonds is 10. The van der Waals surface area contributed by atoms with E-state index in [1.165, 1.54) is 0 Å². The maximum atomic E-state index is 10.1. The summed E-state index contributed by atoms with van der Waals surface area (Å²) in [6.45, 7) is 0.858. The molecule has 1 fully saturated rings. The normalized spacial score (nSPS) is 14.7. The van der Waals surface area contributed by atoms with Crippen molar-refractivity contribution < 1.29 is 49.5 Å². The smallest absolute Gasteiger partial charge is 0.320 e. The summed E-state index contributed by atoms with van der Waals surface area (Å²) < 4.78 is 0. The van der Waals surface area contributed by atoms with Crippen LogP contribution in [0.2, 0.25) is 0 Å². The predicted molar refractivity (Wildman–Crippen MR) is 91.5 cm³/mol. The fourth-order valence-corrected chi connectivity index (χ4v) is 1.84. The lowest BCUT2D eigenvalue weighted by molar-refractivity contribution is -0.140. The van der Waals surface area contributed by atoms with E-state index in [4.69, 9.17) is 25.5 Å². The Hall–Kier alpha value is -2.69. The van der Waals surface area contributed by atoms with E-state index in [1.807, 2.05) is 0 Å². The Morgan fingerprint density at radius 3 is 1.26 bits per heavy atom. The minimum Gasteiger partial charge on any atom is -0.481 e. The molecular weight excluding hydrogens is 366 g/mol. The zero-order valence-corrected chi connectivity index (χ0v) is 14.9. The Kier molecular flexibility index (Phi) is 16.5. The SMILES string of the molecule is O=C(O)C1CCCN1.O=C(O)CCCC(=O)O.O=C(O)CCCCC(=O)O. The van der Waals surface area contributed by atoms with E-state index in [0.717, 1.165) is 19.4 Å². The molecule has 1 aliphatic rings. The van der Waals surface area contributed by atoms with Gasteiger partial charge in [-0.2, -0.15) is 0 Å². The number of aliphatic carboxylic acids is 5. The zero-order valence-electron chi connectivity index (χ0n) is 14.9. The van der Waals surface area contributed by atoms with Gasteiger partial charge < -0.3 is 30.8 Å². The Bertz CT molecular complexity index is 456. The summed E-state index contributed by atoms with van der Waals surface area (Å²) in [5.74, 6) is -4.36. The largest absolute Gasteiger partial charge is 0.481 e. The van der Waals surface area contributed by atoms with Crippen LogP contribution in [-0.2, 0) is 24.0 Å². The summed E-state index contributed by atoms with van der Waals surface area (Å²) in [5.41, 5.74) is 0. The molecule has 27 heavy (non-hydrogen) atoms. The second-order valence-electron chi connectivity index (χ2n) is 5.62. The van der Waals surface area contributed by atoms with Crippen LogP contribution < -0.4 is 5.32 Å². The highest BCUT2D eigenvalue weighted by molar-refractivity contribution is 5.73. The van der Waals surface area contributed by atoms with Gasteiger partial charge in [-0.3, -0.25) is 24.0 Å². The second-order valence-corrected chi connectivity index (χ2v) is 5.62. The van der Waals surface area contributed by atoms with E-state index in [0.29, 0.717) is 12.8 Å². The molecule has 0 bridgehead atoms. The molecule has 11 nitrogen and oxygen atoms in total. The molecule has 1 heterocycles. The summed E-state index contributed by atoms with van der Waals surface area (Å²) in [5, 5.41) is 43.5. The van der Waals surface area contributed by atoms with Gasteiger partial charge in [-0.15, -0.1) is 0 Å². The zero-order chi connectivity index (χ0) is 21.2.